The van der Waals surface area contributed by atoms with E-state index in [1.165, 1.54) is 4.90 Å². The topological polar surface area (TPSA) is 77.8 Å². The predicted molar refractivity (Wildman–Crippen MR) is 75.1 cm³/mol. The van der Waals surface area contributed by atoms with Gasteiger partial charge in [-0.1, -0.05) is 30.3 Å². The summed E-state index contributed by atoms with van der Waals surface area (Å²) in [6.45, 7) is 5.50. The van der Waals surface area contributed by atoms with Crippen LogP contribution in [0, 0.1) is 0 Å². The first-order valence-corrected chi connectivity index (χ1v) is 6.50. The Morgan fingerprint density at radius 2 is 1.75 bits per heavy atom. The first-order valence-electron chi connectivity index (χ1n) is 6.50. The van der Waals surface area contributed by atoms with E-state index in [0.29, 0.717) is 5.56 Å². The monoisotopic (exact) mass is 279 g/mol. The summed E-state index contributed by atoms with van der Waals surface area (Å²) in [6.07, 6.45) is -1.42. The Bertz CT molecular complexity index is 465. The molecule has 1 atom stereocenters. The summed E-state index contributed by atoms with van der Waals surface area (Å²) in [5, 5.41) is 18.9. The van der Waals surface area contributed by atoms with Gasteiger partial charge in [0.2, 0.25) is 0 Å². The minimum atomic E-state index is -1.27. The van der Waals surface area contributed by atoms with Gasteiger partial charge in [0.05, 0.1) is 6.42 Å². The highest BCUT2D eigenvalue weighted by molar-refractivity contribution is 5.83. The Kier molecular flexibility index (Phi) is 5.27. The molecule has 0 spiro atoms. The van der Waals surface area contributed by atoms with E-state index in [2.05, 4.69) is 0 Å². The molecule has 0 bridgehead atoms. The van der Waals surface area contributed by atoms with Gasteiger partial charge < -0.3 is 15.1 Å². The zero-order chi connectivity index (χ0) is 15.3. The normalized spacial score (nSPS) is 12.8. The zero-order valence-corrected chi connectivity index (χ0v) is 12.0. The van der Waals surface area contributed by atoms with Gasteiger partial charge >= 0.3 is 5.97 Å². The predicted octanol–water partition coefficient (Wildman–Crippen LogP) is 1.82. The van der Waals surface area contributed by atoms with Crippen LogP contribution in [0.3, 0.4) is 0 Å². The molecule has 2 N–H and O–H groups in total. The molecule has 1 amide bonds. The number of aliphatic carboxylic acids is 1. The van der Waals surface area contributed by atoms with Gasteiger partial charge in [-0.2, -0.15) is 0 Å². The number of carboxylic acids is 1. The number of benzene rings is 1. The van der Waals surface area contributed by atoms with E-state index in [4.69, 9.17) is 5.11 Å². The fraction of sp³-hybridized carbons (Fsp3) is 0.467. The van der Waals surface area contributed by atoms with Crippen LogP contribution in [-0.2, 0) is 9.59 Å². The van der Waals surface area contributed by atoms with E-state index in [0.717, 1.165) is 0 Å². The van der Waals surface area contributed by atoms with Crippen molar-refractivity contribution in [3.8, 4) is 0 Å². The Labute approximate surface area is 118 Å². The molecule has 0 aliphatic heterocycles. The second-order valence-corrected chi connectivity index (χ2v) is 5.62. The molecular weight excluding hydrogens is 258 g/mol. The minimum Gasteiger partial charge on any atom is -0.481 e. The number of aliphatic hydroxyl groups is 1. The summed E-state index contributed by atoms with van der Waals surface area (Å²) in [7, 11) is 0. The molecule has 0 radical (unpaired) electrons. The van der Waals surface area contributed by atoms with Gasteiger partial charge in [0.25, 0.3) is 5.91 Å². The standard InChI is InChI=1S/C15H21NO4/c1-15(2,3)16(10-9-12(17)18)14(20)13(19)11-7-5-4-6-8-11/h4-8,13,19H,9-10H2,1-3H3,(H,17,18). The van der Waals surface area contributed by atoms with Crippen molar-refractivity contribution in [1.29, 1.82) is 0 Å². The van der Waals surface area contributed by atoms with Crippen molar-refractivity contribution in [3.63, 3.8) is 0 Å². The van der Waals surface area contributed by atoms with Crippen LogP contribution in [0.1, 0.15) is 38.9 Å². The van der Waals surface area contributed by atoms with Gasteiger partial charge in [0, 0.05) is 12.1 Å². The third kappa shape index (κ3) is 4.35. The lowest BCUT2D eigenvalue weighted by Crippen LogP contribution is -2.48. The Balaban J connectivity index is 2.90. The van der Waals surface area contributed by atoms with Gasteiger partial charge in [-0.25, -0.2) is 0 Å². The molecule has 0 saturated heterocycles. The lowest BCUT2D eigenvalue weighted by Gasteiger charge is -2.36. The number of amides is 1. The van der Waals surface area contributed by atoms with Crippen molar-refractivity contribution in [3.05, 3.63) is 35.9 Å². The SMILES string of the molecule is CC(C)(C)N(CCC(=O)O)C(=O)C(O)c1ccccc1. The van der Waals surface area contributed by atoms with Gasteiger partial charge in [-0.15, -0.1) is 0 Å². The van der Waals surface area contributed by atoms with E-state index in [1.54, 1.807) is 30.3 Å². The number of carboxylic acid groups (broad SMARTS) is 1. The van der Waals surface area contributed by atoms with Crippen LogP contribution in [0.25, 0.3) is 0 Å². The first-order chi connectivity index (χ1) is 9.23. The first kappa shape index (κ1) is 16.2. The van der Waals surface area contributed by atoms with E-state index < -0.39 is 23.5 Å². The maximum atomic E-state index is 12.4. The lowest BCUT2D eigenvalue weighted by atomic mass is 10.0. The number of carbonyl (C=O) groups excluding carboxylic acids is 1. The van der Waals surface area contributed by atoms with Crippen LogP contribution in [-0.4, -0.2) is 39.1 Å². The average molecular weight is 279 g/mol. The van der Waals surface area contributed by atoms with Gasteiger partial charge in [0.15, 0.2) is 6.10 Å². The Hall–Kier alpha value is -1.88. The van der Waals surface area contributed by atoms with Crippen LogP contribution in [0.5, 0.6) is 0 Å². The van der Waals surface area contributed by atoms with E-state index in [9.17, 15) is 14.7 Å². The van der Waals surface area contributed by atoms with Crippen LogP contribution >= 0.6 is 0 Å². The molecule has 0 aliphatic carbocycles. The van der Waals surface area contributed by atoms with Crippen LogP contribution in [0.15, 0.2) is 30.3 Å². The zero-order valence-electron chi connectivity index (χ0n) is 12.0. The Morgan fingerprint density at radius 3 is 2.20 bits per heavy atom. The maximum Gasteiger partial charge on any atom is 0.305 e. The fourth-order valence-electron chi connectivity index (χ4n) is 1.91. The van der Waals surface area contributed by atoms with E-state index in [-0.39, 0.29) is 13.0 Å². The Morgan fingerprint density at radius 1 is 1.20 bits per heavy atom. The second-order valence-electron chi connectivity index (χ2n) is 5.62. The van der Waals surface area contributed by atoms with Gasteiger partial charge in [-0.3, -0.25) is 9.59 Å². The number of hydrogen-bond acceptors (Lipinski definition) is 3. The van der Waals surface area contributed by atoms with Crippen molar-refractivity contribution < 1.29 is 19.8 Å². The highest BCUT2D eigenvalue weighted by Gasteiger charge is 2.31. The summed E-state index contributed by atoms with van der Waals surface area (Å²) < 4.78 is 0. The molecule has 110 valence electrons. The molecule has 0 aromatic heterocycles. The molecule has 5 nitrogen and oxygen atoms in total. The van der Waals surface area contributed by atoms with Crippen molar-refractivity contribution in [1.82, 2.24) is 4.90 Å². The van der Waals surface area contributed by atoms with Crippen molar-refractivity contribution in [2.75, 3.05) is 6.54 Å². The summed E-state index contributed by atoms with van der Waals surface area (Å²) in [5.74, 6) is -1.45. The summed E-state index contributed by atoms with van der Waals surface area (Å²) in [5.41, 5.74) is -0.0514. The molecule has 0 heterocycles. The summed E-state index contributed by atoms with van der Waals surface area (Å²) >= 11 is 0. The quantitative estimate of drug-likeness (QED) is 0.862. The van der Waals surface area contributed by atoms with Crippen molar-refractivity contribution in [2.24, 2.45) is 0 Å². The summed E-state index contributed by atoms with van der Waals surface area (Å²) in [6, 6.07) is 8.61. The fourth-order valence-corrected chi connectivity index (χ4v) is 1.91. The molecule has 20 heavy (non-hydrogen) atoms. The van der Waals surface area contributed by atoms with Gasteiger partial charge in [-0.05, 0) is 26.3 Å². The molecule has 1 aromatic carbocycles. The smallest absolute Gasteiger partial charge is 0.305 e. The molecule has 5 heteroatoms. The molecule has 1 aromatic rings. The van der Waals surface area contributed by atoms with E-state index in [1.807, 2.05) is 20.8 Å². The maximum absolute atomic E-state index is 12.4. The van der Waals surface area contributed by atoms with E-state index >= 15 is 0 Å². The second kappa shape index (κ2) is 6.52. The highest BCUT2D eigenvalue weighted by atomic mass is 16.4. The lowest BCUT2D eigenvalue weighted by molar-refractivity contribution is -0.147. The molecule has 0 fully saturated rings. The molecule has 1 rings (SSSR count). The number of rotatable bonds is 5. The largest absolute Gasteiger partial charge is 0.481 e. The highest BCUT2D eigenvalue weighted by Crippen LogP contribution is 2.22. The van der Waals surface area contributed by atoms with Crippen molar-refractivity contribution >= 4 is 11.9 Å². The number of nitrogens with zero attached hydrogens (tertiary/aromatic N) is 1. The molecule has 0 aliphatic rings. The average Bonchev–Trinajstić information content (AvgIpc) is 2.37. The van der Waals surface area contributed by atoms with Gasteiger partial charge in [0.1, 0.15) is 0 Å². The van der Waals surface area contributed by atoms with Crippen LogP contribution in [0.4, 0.5) is 0 Å². The molecule has 1 unspecified atom stereocenters. The summed E-state index contributed by atoms with van der Waals surface area (Å²) in [4.78, 5) is 24.5. The minimum absolute atomic E-state index is 0.0710. The third-order valence-electron chi connectivity index (χ3n) is 2.97. The third-order valence-corrected chi connectivity index (χ3v) is 2.97. The number of aliphatic hydroxyl groups excluding tert-OH is 1. The van der Waals surface area contributed by atoms with Crippen molar-refractivity contribution in [2.45, 2.75) is 38.8 Å². The van der Waals surface area contributed by atoms with Crippen LogP contribution < -0.4 is 0 Å². The van der Waals surface area contributed by atoms with Crippen LogP contribution in [0.2, 0.25) is 0 Å². The number of hydrogen-bond donors (Lipinski definition) is 2. The number of carbonyl (C=O) groups is 2. The molecule has 0 saturated carbocycles. The molecular formula is C15H21NO4.